The van der Waals surface area contributed by atoms with Crippen LogP contribution in [0.2, 0.25) is 0 Å². The number of benzene rings is 1. The van der Waals surface area contributed by atoms with Crippen LogP contribution < -0.4 is 0 Å². The Kier molecular flexibility index (Phi) is 5.22. The average Bonchev–Trinajstić information content (AvgIpc) is 2.95. The molecular weight excluding hydrogens is 354 g/mol. The van der Waals surface area contributed by atoms with Gasteiger partial charge in [0.15, 0.2) is 0 Å². The number of aromatic hydroxyl groups is 1. The van der Waals surface area contributed by atoms with E-state index in [0.29, 0.717) is 16.7 Å². The largest absolute Gasteiger partial charge is 0.507 e. The number of H-pyrrole nitrogens is 1. The van der Waals surface area contributed by atoms with E-state index in [1.807, 2.05) is 41.5 Å². The van der Waals surface area contributed by atoms with E-state index in [-0.39, 0.29) is 27.3 Å². The van der Waals surface area contributed by atoms with Crippen LogP contribution in [-0.4, -0.2) is 46.4 Å². The van der Waals surface area contributed by atoms with Crippen LogP contribution in [0.25, 0.3) is 11.3 Å². The summed E-state index contributed by atoms with van der Waals surface area (Å²) in [6.07, 6.45) is 0. The molecule has 2 rings (SSSR count). The Hall–Kier alpha value is -1.93. The summed E-state index contributed by atoms with van der Waals surface area (Å²) in [6, 6.07) is 3.52. The summed E-state index contributed by atoms with van der Waals surface area (Å²) in [6.45, 7) is 11.4. The summed E-state index contributed by atoms with van der Waals surface area (Å²) in [5.41, 5.74) is 1.56. The molecule has 0 amide bonds. The highest BCUT2D eigenvalue weighted by molar-refractivity contribution is 7.91. The summed E-state index contributed by atoms with van der Waals surface area (Å²) in [4.78, 5) is 0. The Balaban J connectivity index is 2.79. The molecule has 0 fully saturated rings. The van der Waals surface area contributed by atoms with Crippen LogP contribution in [-0.2, 0) is 20.7 Å². The van der Waals surface area contributed by atoms with E-state index in [4.69, 9.17) is 5.11 Å². The third-order valence-corrected chi connectivity index (χ3v) is 5.78. The molecule has 0 aliphatic carbocycles. The van der Waals surface area contributed by atoms with E-state index in [1.54, 1.807) is 12.1 Å². The zero-order chi connectivity index (χ0) is 19.9. The summed E-state index contributed by atoms with van der Waals surface area (Å²) < 4.78 is 24.8. The van der Waals surface area contributed by atoms with Crippen LogP contribution >= 0.6 is 0 Å². The molecule has 0 atom stereocenters. The van der Waals surface area contributed by atoms with Crippen molar-refractivity contribution >= 4 is 9.84 Å². The van der Waals surface area contributed by atoms with Gasteiger partial charge >= 0.3 is 0 Å². The van der Waals surface area contributed by atoms with Crippen LogP contribution in [0.1, 0.15) is 52.7 Å². The van der Waals surface area contributed by atoms with Gasteiger partial charge in [-0.3, -0.25) is 5.10 Å². The van der Waals surface area contributed by atoms with Gasteiger partial charge in [0.05, 0.1) is 12.4 Å². The zero-order valence-electron chi connectivity index (χ0n) is 16.1. The topological polar surface area (TPSA) is 116 Å². The van der Waals surface area contributed by atoms with Crippen molar-refractivity contribution in [3.63, 3.8) is 0 Å². The summed E-state index contributed by atoms with van der Waals surface area (Å²) >= 11 is 0. The lowest BCUT2D eigenvalue weighted by molar-refractivity contribution is 0.319. The van der Waals surface area contributed by atoms with Crippen LogP contribution in [0.15, 0.2) is 17.2 Å². The smallest absolute Gasteiger partial charge is 0.205 e. The van der Waals surface area contributed by atoms with Crippen molar-refractivity contribution in [2.45, 2.75) is 57.4 Å². The summed E-state index contributed by atoms with van der Waals surface area (Å²) in [7, 11) is -3.77. The first-order valence-electron chi connectivity index (χ1n) is 8.42. The van der Waals surface area contributed by atoms with E-state index in [9.17, 15) is 13.5 Å². The van der Waals surface area contributed by atoms with Gasteiger partial charge in [0, 0.05) is 16.7 Å². The van der Waals surface area contributed by atoms with Crippen molar-refractivity contribution in [3.8, 4) is 17.0 Å². The fourth-order valence-corrected chi connectivity index (χ4v) is 3.84. The number of rotatable bonds is 4. The summed E-state index contributed by atoms with van der Waals surface area (Å²) in [5, 5.41) is 29.7. The minimum absolute atomic E-state index is 0.197. The molecule has 7 nitrogen and oxygen atoms in total. The van der Waals surface area contributed by atoms with E-state index >= 15 is 0 Å². The number of aromatic nitrogens is 3. The Morgan fingerprint density at radius 1 is 1.04 bits per heavy atom. The molecule has 0 saturated carbocycles. The molecule has 0 aliphatic heterocycles. The number of aliphatic hydroxyl groups excluding tert-OH is 1. The number of phenols is 1. The maximum Gasteiger partial charge on any atom is 0.205 e. The molecule has 1 aromatic heterocycles. The van der Waals surface area contributed by atoms with Crippen LogP contribution in [0, 0.1) is 0 Å². The molecule has 8 heteroatoms. The van der Waals surface area contributed by atoms with Crippen molar-refractivity contribution in [1.29, 1.82) is 0 Å². The van der Waals surface area contributed by atoms with Gasteiger partial charge in [-0.25, -0.2) is 8.42 Å². The number of nitrogens with zero attached hydrogens (tertiary/aromatic N) is 2. The minimum Gasteiger partial charge on any atom is -0.507 e. The minimum atomic E-state index is -3.77. The van der Waals surface area contributed by atoms with Gasteiger partial charge in [0.2, 0.25) is 14.9 Å². The first-order chi connectivity index (χ1) is 11.8. The van der Waals surface area contributed by atoms with Gasteiger partial charge in [-0.15, -0.1) is 5.10 Å². The molecule has 1 aromatic carbocycles. The molecule has 144 valence electrons. The molecule has 0 aliphatic rings. The Bertz CT molecular complexity index is 868. The lowest BCUT2D eigenvalue weighted by Crippen LogP contribution is -2.17. The monoisotopic (exact) mass is 381 g/mol. The number of phenolic OH excluding ortho intramolecular Hbond substituents is 1. The van der Waals surface area contributed by atoms with E-state index in [2.05, 4.69) is 15.4 Å². The number of hydrogen-bond acceptors (Lipinski definition) is 6. The Morgan fingerprint density at radius 3 is 1.96 bits per heavy atom. The molecule has 1 heterocycles. The van der Waals surface area contributed by atoms with Crippen molar-refractivity contribution in [2.24, 2.45) is 0 Å². The molecule has 0 unspecified atom stereocenters. The SMILES string of the molecule is CC(C)(C)c1cc(-c2[nH]nnc2S(=O)(=O)CCO)cc(C(C)(C)C)c1O. The second kappa shape index (κ2) is 6.66. The lowest BCUT2D eigenvalue weighted by Gasteiger charge is -2.28. The molecule has 0 spiro atoms. The quantitative estimate of drug-likeness (QED) is 0.749. The van der Waals surface area contributed by atoms with Gasteiger partial charge in [-0.2, -0.15) is 0 Å². The Labute approximate surface area is 154 Å². The number of hydrogen-bond donors (Lipinski definition) is 3. The van der Waals surface area contributed by atoms with Crippen molar-refractivity contribution in [3.05, 3.63) is 23.3 Å². The molecule has 0 saturated heterocycles. The predicted octanol–water partition coefficient (Wildman–Crippen LogP) is 2.54. The van der Waals surface area contributed by atoms with Crippen LogP contribution in [0.5, 0.6) is 5.75 Å². The van der Waals surface area contributed by atoms with Crippen LogP contribution in [0.4, 0.5) is 0 Å². The van der Waals surface area contributed by atoms with Crippen molar-refractivity contribution < 1.29 is 18.6 Å². The van der Waals surface area contributed by atoms with Gasteiger partial charge in [-0.05, 0) is 23.0 Å². The maximum atomic E-state index is 12.4. The highest BCUT2D eigenvalue weighted by atomic mass is 32.2. The number of aromatic amines is 1. The van der Waals surface area contributed by atoms with Gasteiger partial charge in [0.25, 0.3) is 0 Å². The number of aliphatic hydroxyl groups is 1. The molecular formula is C18H27N3O4S. The third-order valence-electron chi connectivity index (χ3n) is 4.19. The molecule has 0 bridgehead atoms. The fraction of sp³-hybridized carbons (Fsp3) is 0.556. The summed E-state index contributed by atoms with van der Waals surface area (Å²) in [5.74, 6) is -0.218. The molecule has 0 radical (unpaired) electrons. The molecule has 26 heavy (non-hydrogen) atoms. The van der Waals surface area contributed by atoms with Gasteiger partial charge < -0.3 is 10.2 Å². The van der Waals surface area contributed by atoms with Crippen molar-refractivity contribution in [2.75, 3.05) is 12.4 Å². The van der Waals surface area contributed by atoms with Crippen LogP contribution in [0.3, 0.4) is 0 Å². The highest BCUT2D eigenvalue weighted by Gasteiger charge is 2.29. The normalized spacial score (nSPS) is 13.2. The standard InChI is InChI=1S/C18H27N3O4S/c1-17(2,3)12-9-11(10-13(15(12)23)18(4,5)6)14-16(20-21-19-14)26(24,25)8-7-22/h9-10,22-23H,7-8H2,1-6H3,(H,19,20,21). The highest BCUT2D eigenvalue weighted by Crippen LogP contribution is 2.42. The number of nitrogens with one attached hydrogen (secondary N) is 1. The van der Waals surface area contributed by atoms with Crippen molar-refractivity contribution in [1.82, 2.24) is 15.4 Å². The maximum absolute atomic E-state index is 12.4. The van der Waals surface area contributed by atoms with E-state index in [1.165, 1.54) is 0 Å². The van der Waals surface area contributed by atoms with E-state index in [0.717, 1.165) is 0 Å². The third kappa shape index (κ3) is 3.91. The predicted molar refractivity (Wildman–Crippen MR) is 100 cm³/mol. The second-order valence-electron chi connectivity index (χ2n) is 8.45. The van der Waals surface area contributed by atoms with Gasteiger partial charge in [0.1, 0.15) is 11.4 Å². The first kappa shape index (κ1) is 20.4. The first-order valence-corrected chi connectivity index (χ1v) is 10.1. The fourth-order valence-electron chi connectivity index (χ4n) is 2.76. The molecule has 3 N–H and O–H groups in total. The molecule has 2 aromatic rings. The number of sulfone groups is 1. The zero-order valence-corrected chi connectivity index (χ0v) is 16.9. The Morgan fingerprint density at radius 2 is 1.54 bits per heavy atom. The average molecular weight is 381 g/mol. The van der Waals surface area contributed by atoms with E-state index < -0.39 is 22.2 Å². The lowest BCUT2D eigenvalue weighted by atomic mass is 9.78. The van der Waals surface area contributed by atoms with Gasteiger partial charge in [-0.1, -0.05) is 46.8 Å². The second-order valence-corrected chi connectivity index (χ2v) is 10.5.